The number of nitrogens with one attached hydrogen (secondary N) is 1. The molecular formula is C15H18N2O. The zero-order chi connectivity index (χ0) is 13.3. The van der Waals surface area contributed by atoms with E-state index in [4.69, 9.17) is 5.73 Å². The van der Waals surface area contributed by atoms with Crippen molar-refractivity contribution in [3.8, 4) is 11.3 Å². The fraction of sp³-hybridized carbons (Fsp3) is 0.267. The number of aryl methyl sites for hydroxylation is 3. The van der Waals surface area contributed by atoms with Gasteiger partial charge in [0.05, 0.1) is 0 Å². The average molecular weight is 242 g/mol. The van der Waals surface area contributed by atoms with Gasteiger partial charge in [-0.2, -0.15) is 0 Å². The Hall–Kier alpha value is -1.87. The highest BCUT2D eigenvalue weighted by molar-refractivity contribution is 5.65. The molecule has 1 heterocycles. The minimum absolute atomic E-state index is 0.104. The van der Waals surface area contributed by atoms with E-state index >= 15 is 0 Å². The fourth-order valence-electron chi connectivity index (χ4n) is 2.07. The van der Waals surface area contributed by atoms with Crippen molar-refractivity contribution in [1.82, 2.24) is 4.98 Å². The van der Waals surface area contributed by atoms with Crippen molar-refractivity contribution in [3.05, 3.63) is 56.9 Å². The molecular weight excluding hydrogens is 224 g/mol. The maximum absolute atomic E-state index is 11.8. The summed E-state index contributed by atoms with van der Waals surface area (Å²) in [6, 6.07) is 7.96. The van der Waals surface area contributed by atoms with Crippen LogP contribution in [0.1, 0.15) is 22.3 Å². The van der Waals surface area contributed by atoms with Crippen LogP contribution >= 0.6 is 0 Å². The first-order valence-corrected chi connectivity index (χ1v) is 6.03. The summed E-state index contributed by atoms with van der Waals surface area (Å²) in [5.41, 5.74) is 11.6. The molecule has 3 N–H and O–H groups in total. The smallest absolute Gasteiger partial charge is 0.252 e. The molecule has 1 aromatic carbocycles. The number of hydrogen-bond donors (Lipinski definition) is 2. The summed E-state index contributed by atoms with van der Waals surface area (Å²) in [5.74, 6) is 0. The van der Waals surface area contributed by atoms with Crippen molar-refractivity contribution in [2.45, 2.75) is 27.3 Å². The summed E-state index contributed by atoms with van der Waals surface area (Å²) in [4.78, 5) is 14.7. The number of rotatable bonds is 2. The van der Waals surface area contributed by atoms with Gasteiger partial charge in [0.25, 0.3) is 5.56 Å². The van der Waals surface area contributed by atoms with Gasteiger partial charge in [-0.25, -0.2) is 0 Å². The zero-order valence-corrected chi connectivity index (χ0v) is 11.0. The summed E-state index contributed by atoms with van der Waals surface area (Å²) in [6.45, 7) is 6.48. The van der Waals surface area contributed by atoms with Gasteiger partial charge < -0.3 is 10.7 Å². The number of H-pyrrole nitrogens is 1. The van der Waals surface area contributed by atoms with Gasteiger partial charge >= 0.3 is 0 Å². The lowest BCUT2D eigenvalue weighted by molar-refractivity contribution is 1.02. The molecule has 0 bridgehead atoms. The number of pyridine rings is 1. The third-order valence-electron chi connectivity index (χ3n) is 3.34. The van der Waals surface area contributed by atoms with Crippen LogP contribution in [0.15, 0.2) is 29.1 Å². The molecule has 3 heteroatoms. The molecule has 0 amide bonds. The minimum Gasteiger partial charge on any atom is -0.326 e. The van der Waals surface area contributed by atoms with Crippen LogP contribution in [0.5, 0.6) is 0 Å². The van der Waals surface area contributed by atoms with Crippen LogP contribution in [0.25, 0.3) is 11.3 Å². The quantitative estimate of drug-likeness (QED) is 0.849. The second-order valence-electron chi connectivity index (χ2n) is 4.68. The van der Waals surface area contributed by atoms with E-state index in [0.717, 1.165) is 16.8 Å². The highest BCUT2D eigenvalue weighted by Crippen LogP contribution is 2.24. The Morgan fingerprint density at radius 3 is 2.33 bits per heavy atom. The topological polar surface area (TPSA) is 58.9 Å². The molecule has 0 unspecified atom stereocenters. The number of aromatic nitrogens is 1. The third-order valence-corrected chi connectivity index (χ3v) is 3.34. The number of hydrogen-bond acceptors (Lipinski definition) is 2. The van der Waals surface area contributed by atoms with Crippen molar-refractivity contribution in [3.63, 3.8) is 0 Å². The second kappa shape index (κ2) is 4.78. The molecule has 0 saturated heterocycles. The van der Waals surface area contributed by atoms with Gasteiger partial charge in [0.15, 0.2) is 0 Å². The SMILES string of the molecule is Cc1cc(C)c(-c2ccc(CN)c(=O)[nH]2)cc1C. The molecule has 0 atom stereocenters. The minimum atomic E-state index is -0.104. The standard InChI is InChI=1S/C15H18N2O/c1-9-6-11(3)13(7-10(9)2)14-5-4-12(8-16)15(18)17-14/h4-7H,8,16H2,1-3H3,(H,17,18). The molecule has 0 spiro atoms. The lowest BCUT2D eigenvalue weighted by Gasteiger charge is -2.10. The molecule has 0 aliphatic heterocycles. The normalized spacial score (nSPS) is 10.7. The summed E-state index contributed by atoms with van der Waals surface area (Å²) in [5, 5.41) is 0. The van der Waals surface area contributed by atoms with E-state index in [9.17, 15) is 4.79 Å². The molecule has 0 fully saturated rings. The second-order valence-corrected chi connectivity index (χ2v) is 4.68. The van der Waals surface area contributed by atoms with Gasteiger partial charge in [-0.3, -0.25) is 4.79 Å². The first-order valence-electron chi connectivity index (χ1n) is 6.03. The first-order chi connectivity index (χ1) is 8.52. The highest BCUT2D eigenvalue weighted by atomic mass is 16.1. The van der Waals surface area contributed by atoms with Crippen molar-refractivity contribution >= 4 is 0 Å². The van der Waals surface area contributed by atoms with E-state index in [-0.39, 0.29) is 12.1 Å². The molecule has 0 aliphatic carbocycles. The molecule has 18 heavy (non-hydrogen) atoms. The average Bonchev–Trinajstić information content (AvgIpc) is 2.33. The zero-order valence-electron chi connectivity index (χ0n) is 11.0. The molecule has 2 rings (SSSR count). The van der Waals surface area contributed by atoms with Crippen molar-refractivity contribution < 1.29 is 0 Å². The predicted octanol–water partition coefficient (Wildman–Crippen LogP) is 2.43. The summed E-state index contributed by atoms with van der Waals surface area (Å²) < 4.78 is 0. The van der Waals surface area contributed by atoms with Gasteiger partial charge in [-0.15, -0.1) is 0 Å². The van der Waals surface area contributed by atoms with E-state index in [1.165, 1.54) is 11.1 Å². The van der Waals surface area contributed by atoms with Crippen LogP contribution in [0.3, 0.4) is 0 Å². The summed E-state index contributed by atoms with van der Waals surface area (Å²) >= 11 is 0. The van der Waals surface area contributed by atoms with Crippen LogP contribution < -0.4 is 11.3 Å². The maximum atomic E-state index is 11.8. The first kappa shape index (κ1) is 12.6. The Morgan fingerprint density at radius 2 is 1.72 bits per heavy atom. The predicted molar refractivity (Wildman–Crippen MR) is 74.6 cm³/mol. The van der Waals surface area contributed by atoms with E-state index in [1.54, 1.807) is 6.07 Å². The van der Waals surface area contributed by atoms with Crippen molar-refractivity contribution in [2.24, 2.45) is 5.73 Å². The van der Waals surface area contributed by atoms with E-state index in [0.29, 0.717) is 5.56 Å². The van der Waals surface area contributed by atoms with Gasteiger partial charge in [0.1, 0.15) is 0 Å². The van der Waals surface area contributed by atoms with Crippen LogP contribution in [0, 0.1) is 20.8 Å². The van der Waals surface area contributed by atoms with Gasteiger partial charge in [-0.05, 0) is 49.6 Å². The molecule has 0 saturated carbocycles. The van der Waals surface area contributed by atoms with Crippen molar-refractivity contribution in [2.75, 3.05) is 0 Å². The molecule has 0 radical (unpaired) electrons. The lowest BCUT2D eigenvalue weighted by Crippen LogP contribution is -2.16. The third kappa shape index (κ3) is 2.22. The Balaban J connectivity index is 2.59. The van der Waals surface area contributed by atoms with Gasteiger partial charge in [0.2, 0.25) is 0 Å². The number of nitrogens with two attached hydrogens (primary N) is 1. The highest BCUT2D eigenvalue weighted by Gasteiger charge is 2.06. The van der Waals surface area contributed by atoms with Crippen molar-refractivity contribution in [1.29, 1.82) is 0 Å². The van der Waals surface area contributed by atoms with E-state index in [1.807, 2.05) is 6.07 Å². The Kier molecular flexibility index (Phi) is 3.34. The Morgan fingerprint density at radius 1 is 1.06 bits per heavy atom. The summed E-state index contributed by atoms with van der Waals surface area (Å²) in [6.07, 6.45) is 0. The van der Waals surface area contributed by atoms with Crippen LogP contribution in [0.2, 0.25) is 0 Å². The van der Waals surface area contributed by atoms with E-state index < -0.39 is 0 Å². The number of benzene rings is 1. The van der Waals surface area contributed by atoms with Crippen LogP contribution in [-0.4, -0.2) is 4.98 Å². The monoisotopic (exact) mass is 242 g/mol. The molecule has 94 valence electrons. The Bertz CT molecular complexity index is 641. The lowest BCUT2D eigenvalue weighted by atomic mass is 9.98. The number of aromatic amines is 1. The maximum Gasteiger partial charge on any atom is 0.252 e. The fourth-order valence-corrected chi connectivity index (χ4v) is 2.07. The largest absolute Gasteiger partial charge is 0.326 e. The van der Waals surface area contributed by atoms with E-state index in [2.05, 4.69) is 37.9 Å². The molecule has 2 aromatic rings. The van der Waals surface area contributed by atoms with Gasteiger partial charge in [0, 0.05) is 23.4 Å². The molecule has 1 aromatic heterocycles. The van der Waals surface area contributed by atoms with Crippen LogP contribution in [0.4, 0.5) is 0 Å². The van der Waals surface area contributed by atoms with Gasteiger partial charge in [-0.1, -0.05) is 12.1 Å². The molecule has 0 aliphatic rings. The van der Waals surface area contributed by atoms with Crippen LogP contribution in [-0.2, 0) is 6.54 Å². The molecule has 3 nitrogen and oxygen atoms in total. The Labute approximate surface area is 107 Å². The summed E-state index contributed by atoms with van der Waals surface area (Å²) in [7, 11) is 0.